The molecular weight excluding hydrogens is 314 g/mol. The van der Waals surface area contributed by atoms with Crippen molar-refractivity contribution in [1.82, 2.24) is 9.88 Å². The lowest BCUT2D eigenvalue weighted by molar-refractivity contribution is -0.134. The molecule has 5 heteroatoms. The van der Waals surface area contributed by atoms with Gasteiger partial charge in [-0.1, -0.05) is 18.2 Å². The van der Waals surface area contributed by atoms with Gasteiger partial charge in [0.05, 0.1) is 0 Å². The van der Waals surface area contributed by atoms with E-state index in [0.717, 1.165) is 11.3 Å². The predicted molar refractivity (Wildman–Crippen MR) is 97.9 cm³/mol. The average molecular weight is 335 g/mol. The molecule has 0 spiro atoms. The number of benzene rings is 1. The molecule has 3 rings (SSSR count). The topological polar surface area (TPSA) is 53.5 Å². The summed E-state index contributed by atoms with van der Waals surface area (Å²) >= 11 is 0. The summed E-state index contributed by atoms with van der Waals surface area (Å²) in [6.45, 7) is 3.03. The molecular formula is C20H21N3O2. The van der Waals surface area contributed by atoms with Crippen LogP contribution in [-0.2, 0) is 9.59 Å². The van der Waals surface area contributed by atoms with Gasteiger partial charge in [-0.3, -0.25) is 14.6 Å². The summed E-state index contributed by atoms with van der Waals surface area (Å²) in [5, 5.41) is 0. The fraction of sp³-hybridized carbons (Fsp3) is 0.250. The number of nitrogens with zero attached hydrogens (tertiary/aromatic N) is 3. The number of para-hydroxylation sites is 1. The molecule has 1 aromatic carbocycles. The van der Waals surface area contributed by atoms with Crippen molar-refractivity contribution in [1.29, 1.82) is 0 Å². The second-order valence-corrected chi connectivity index (χ2v) is 5.87. The van der Waals surface area contributed by atoms with Gasteiger partial charge >= 0.3 is 0 Å². The van der Waals surface area contributed by atoms with Gasteiger partial charge in [0.15, 0.2) is 0 Å². The van der Waals surface area contributed by atoms with E-state index in [2.05, 4.69) is 4.98 Å². The van der Waals surface area contributed by atoms with Crippen molar-refractivity contribution in [3.05, 3.63) is 66.5 Å². The zero-order valence-electron chi connectivity index (χ0n) is 14.2. The molecule has 1 aromatic heterocycles. The third-order valence-electron chi connectivity index (χ3n) is 4.37. The lowest BCUT2D eigenvalue weighted by Crippen LogP contribution is -2.44. The normalized spacial score (nSPS) is 17.2. The second-order valence-electron chi connectivity index (χ2n) is 5.87. The second kappa shape index (κ2) is 7.75. The van der Waals surface area contributed by atoms with E-state index in [9.17, 15) is 9.59 Å². The summed E-state index contributed by atoms with van der Waals surface area (Å²) in [4.78, 5) is 32.7. The minimum atomic E-state index is -0.403. The van der Waals surface area contributed by atoms with Crippen LogP contribution in [0, 0.1) is 0 Å². The van der Waals surface area contributed by atoms with Crippen molar-refractivity contribution < 1.29 is 9.59 Å². The maximum Gasteiger partial charge on any atom is 0.249 e. The largest absolute Gasteiger partial charge is 0.327 e. The Hall–Kier alpha value is -2.95. The van der Waals surface area contributed by atoms with Crippen LogP contribution in [0.5, 0.6) is 0 Å². The maximum absolute atomic E-state index is 12.8. The fourth-order valence-corrected chi connectivity index (χ4v) is 3.09. The van der Waals surface area contributed by atoms with Gasteiger partial charge in [-0.25, -0.2) is 0 Å². The minimum Gasteiger partial charge on any atom is -0.327 e. The van der Waals surface area contributed by atoms with E-state index in [1.807, 2.05) is 49.4 Å². The Labute approximate surface area is 147 Å². The summed E-state index contributed by atoms with van der Waals surface area (Å²) in [7, 11) is 0. The Balaban J connectivity index is 1.72. The number of likely N-dealkylation sites (N-methyl/N-ethyl adjacent to an activating group) is 1. The Morgan fingerprint density at radius 3 is 2.64 bits per heavy atom. The zero-order chi connectivity index (χ0) is 17.6. The zero-order valence-corrected chi connectivity index (χ0v) is 14.2. The van der Waals surface area contributed by atoms with Crippen molar-refractivity contribution in [2.75, 3.05) is 18.0 Å². The maximum atomic E-state index is 12.8. The van der Waals surface area contributed by atoms with Crippen LogP contribution in [0.25, 0.3) is 6.08 Å². The quantitative estimate of drug-likeness (QED) is 0.790. The number of pyridine rings is 1. The molecule has 2 heterocycles. The SMILES string of the molecule is CCN(C(=O)/C=C\c1ccncc1)[C@H]1CCN(c2ccccc2)C1=O. The Bertz CT molecular complexity index is 759. The van der Waals surface area contributed by atoms with Crippen molar-refractivity contribution in [2.45, 2.75) is 19.4 Å². The van der Waals surface area contributed by atoms with Crippen molar-refractivity contribution in [3.8, 4) is 0 Å². The summed E-state index contributed by atoms with van der Waals surface area (Å²) in [5.41, 5.74) is 1.79. The molecule has 1 fully saturated rings. The molecule has 0 aliphatic carbocycles. The first-order valence-electron chi connectivity index (χ1n) is 8.46. The number of anilines is 1. The number of carbonyl (C=O) groups is 2. The summed E-state index contributed by atoms with van der Waals surface area (Å²) in [6.07, 6.45) is 7.29. The molecule has 1 aliphatic heterocycles. The highest BCUT2D eigenvalue weighted by Crippen LogP contribution is 2.24. The molecule has 1 aliphatic rings. The van der Waals surface area contributed by atoms with Crippen LogP contribution in [0.4, 0.5) is 5.69 Å². The number of amides is 2. The summed E-state index contributed by atoms with van der Waals surface area (Å²) in [5.74, 6) is -0.161. The number of rotatable bonds is 5. The van der Waals surface area contributed by atoms with Gasteiger partial charge in [-0.05, 0) is 49.2 Å². The van der Waals surface area contributed by atoms with E-state index in [-0.39, 0.29) is 11.8 Å². The smallest absolute Gasteiger partial charge is 0.249 e. The highest BCUT2D eigenvalue weighted by molar-refractivity contribution is 6.03. The molecule has 5 nitrogen and oxygen atoms in total. The predicted octanol–water partition coefficient (Wildman–Crippen LogP) is 2.75. The van der Waals surface area contributed by atoms with Crippen LogP contribution in [0.15, 0.2) is 60.9 Å². The van der Waals surface area contributed by atoms with Gasteiger partial charge in [-0.2, -0.15) is 0 Å². The van der Waals surface area contributed by atoms with E-state index in [0.29, 0.717) is 19.5 Å². The molecule has 0 bridgehead atoms. The molecule has 1 atom stereocenters. The molecule has 0 N–H and O–H groups in total. The molecule has 128 valence electrons. The van der Waals surface area contributed by atoms with E-state index in [1.165, 1.54) is 6.08 Å². The molecule has 0 radical (unpaired) electrons. The summed E-state index contributed by atoms with van der Waals surface area (Å²) < 4.78 is 0. The number of hydrogen-bond acceptors (Lipinski definition) is 3. The van der Waals surface area contributed by atoms with Crippen LogP contribution >= 0.6 is 0 Å². The number of hydrogen-bond donors (Lipinski definition) is 0. The Morgan fingerprint density at radius 2 is 1.96 bits per heavy atom. The standard InChI is InChI=1S/C20H21N3O2/c1-2-22(19(24)9-8-16-10-13-21-14-11-16)18-12-15-23(20(18)25)17-6-4-3-5-7-17/h3-11,13-14,18H,2,12,15H2,1H3/b9-8-/t18-/m0/s1. The van der Waals surface area contributed by atoms with Gasteiger partial charge in [0.25, 0.3) is 0 Å². The van der Waals surface area contributed by atoms with Gasteiger partial charge in [-0.15, -0.1) is 0 Å². The van der Waals surface area contributed by atoms with Crippen LogP contribution in [-0.4, -0.2) is 40.8 Å². The first-order chi connectivity index (χ1) is 12.2. The van der Waals surface area contributed by atoms with Crippen molar-refractivity contribution in [3.63, 3.8) is 0 Å². The van der Waals surface area contributed by atoms with E-state index in [1.54, 1.807) is 28.3 Å². The van der Waals surface area contributed by atoms with Crippen LogP contribution < -0.4 is 4.90 Å². The highest BCUT2D eigenvalue weighted by atomic mass is 16.2. The molecule has 2 aromatic rings. The van der Waals surface area contributed by atoms with E-state index < -0.39 is 6.04 Å². The first-order valence-corrected chi connectivity index (χ1v) is 8.46. The van der Waals surface area contributed by atoms with Gasteiger partial charge < -0.3 is 9.80 Å². The Kier molecular flexibility index (Phi) is 5.23. The first kappa shape index (κ1) is 16.9. The lowest BCUT2D eigenvalue weighted by atomic mass is 10.2. The van der Waals surface area contributed by atoms with Gasteiger partial charge in [0.2, 0.25) is 11.8 Å². The monoisotopic (exact) mass is 335 g/mol. The summed E-state index contributed by atoms with van der Waals surface area (Å²) in [6, 6.07) is 12.8. The number of carbonyl (C=O) groups excluding carboxylic acids is 2. The highest BCUT2D eigenvalue weighted by Gasteiger charge is 2.37. The van der Waals surface area contributed by atoms with Crippen LogP contribution in [0.1, 0.15) is 18.9 Å². The minimum absolute atomic E-state index is 0.0151. The third-order valence-corrected chi connectivity index (χ3v) is 4.37. The third kappa shape index (κ3) is 3.76. The van der Waals surface area contributed by atoms with E-state index in [4.69, 9.17) is 0 Å². The molecule has 2 amide bonds. The number of aromatic nitrogens is 1. The van der Waals surface area contributed by atoms with Gasteiger partial charge in [0.1, 0.15) is 6.04 Å². The molecule has 25 heavy (non-hydrogen) atoms. The van der Waals surface area contributed by atoms with Crippen LogP contribution in [0.3, 0.4) is 0 Å². The molecule has 0 unspecified atom stereocenters. The van der Waals surface area contributed by atoms with Crippen molar-refractivity contribution in [2.24, 2.45) is 0 Å². The Morgan fingerprint density at radius 1 is 1.24 bits per heavy atom. The lowest BCUT2D eigenvalue weighted by Gasteiger charge is -2.25. The molecule has 1 saturated heterocycles. The van der Waals surface area contributed by atoms with Gasteiger partial charge in [0, 0.05) is 37.2 Å². The van der Waals surface area contributed by atoms with Crippen LogP contribution in [0.2, 0.25) is 0 Å². The average Bonchev–Trinajstić information content (AvgIpc) is 3.04. The van der Waals surface area contributed by atoms with Crippen molar-refractivity contribution >= 4 is 23.6 Å². The fourth-order valence-electron chi connectivity index (χ4n) is 3.09. The molecule has 0 saturated carbocycles. The van der Waals surface area contributed by atoms with E-state index >= 15 is 0 Å².